The Morgan fingerprint density at radius 3 is 2.31 bits per heavy atom. The third kappa shape index (κ3) is 12.2. The molecule has 4 heterocycles. The van der Waals surface area contributed by atoms with Crippen molar-refractivity contribution in [3.05, 3.63) is 94.6 Å². The van der Waals surface area contributed by atoms with Gasteiger partial charge in [-0.1, -0.05) is 44.2 Å². The Morgan fingerprint density at radius 2 is 1.57 bits per heavy atom. The molecular weight excluding hydrogens is 839 g/mol. The van der Waals surface area contributed by atoms with E-state index in [9.17, 15) is 28.8 Å². The number of piperidine rings is 1. The van der Waals surface area contributed by atoms with Gasteiger partial charge in [-0.25, -0.2) is 0 Å². The minimum absolute atomic E-state index is 0.0235. The van der Waals surface area contributed by atoms with Gasteiger partial charge in [0, 0.05) is 42.7 Å². The highest BCUT2D eigenvalue weighted by atomic mass is 16.6. The highest BCUT2D eigenvalue weighted by Crippen LogP contribution is 2.35. The lowest BCUT2D eigenvalue weighted by Gasteiger charge is -2.28. The molecule has 0 spiro atoms. The Labute approximate surface area is 376 Å². The number of hydrogen-bond donors (Lipinski definition) is 4. The zero-order valence-electron chi connectivity index (χ0n) is 37.1. The predicted octanol–water partition coefficient (Wildman–Crippen LogP) is 3.39. The van der Waals surface area contributed by atoms with Crippen molar-refractivity contribution in [2.75, 3.05) is 83.6 Å². The van der Waals surface area contributed by atoms with Gasteiger partial charge in [-0.3, -0.25) is 48.8 Å². The normalized spacial score (nSPS) is 17.2. The third-order valence-corrected chi connectivity index (χ3v) is 11.7. The second-order valence-electron chi connectivity index (χ2n) is 17.2. The molecule has 4 aromatic rings. The molecule has 4 N–H and O–H groups in total. The summed E-state index contributed by atoms with van der Waals surface area (Å²) < 4.78 is 24.2. The van der Waals surface area contributed by atoms with Crippen molar-refractivity contribution in [1.82, 2.24) is 35.1 Å². The summed E-state index contributed by atoms with van der Waals surface area (Å²) in [5, 5.41) is 19.9. The molecule has 6 amide bonds. The lowest BCUT2D eigenvalue weighted by molar-refractivity contribution is -0.136. The second kappa shape index (κ2) is 21.7. The van der Waals surface area contributed by atoms with Crippen LogP contribution in [-0.4, -0.2) is 144 Å². The van der Waals surface area contributed by atoms with Crippen LogP contribution in [0.5, 0.6) is 0 Å². The SMILES string of the molecule is CN(CCOCCOCCOCCOCC(=O)Nc1ccc2c(c1)C(=O)N(C1CCC(=O)NC1=O)C2=O)CCC(c1ccccc1)n1cc(NC(=O)c2n[nH]c3c2CCC(C)(C)C3)cn1. The Kier molecular flexibility index (Phi) is 15.6. The van der Waals surface area contributed by atoms with E-state index >= 15 is 0 Å². The largest absolute Gasteiger partial charge is 0.378 e. The van der Waals surface area contributed by atoms with Gasteiger partial charge in [-0.05, 0) is 68.3 Å². The van der Waals surface area contributed by atoms with E-state index in [0.29, 0.717) is 50.1 Å². The van der Waals surface area contributed by atoms with Crippen LogP contribution in [0.1, 0.15) is 93.6 Å². The first-order valence-electron chi connectivity index (χ1n) is 22.0. The topological polar surface area (TPSA) is 228 Å². The van der Waals surface area contributed by atoms with E-state index in [1.165, 1.54) is 18.2 Å². The van der Waals surface area contributed by atoms with E-state index in [-0.39, 0.29) is 61.2 Å². The number of imide groups is 2. The zero-order valence-corrected chi connectivity index (χ0v) is 37.1. The Balaban J connectivity index is 0.723. The molecule has 19 nitrogen and oxygen atoms in total. The quantitative estimate of drug-likeness (QED) is 0.0620. The van der Waals surface area contributed by atoms with Gasteiger partial charge in [0.15, 0.2) is 5.69 Å². The standard InChI is InChI=1S/C46H57N9O10/c1-46(2)15-13-34-36(26-46)51-52-41(34)43(59)49-32-27-47-54(28-32)37(30-7-5-4-6-8-30)14-16-53(3)17-18-62-19-20-63-21-22-64-23-24-65-29-40(57)48-31-9-10-33-35(25-31)45(61)55(44(33)60)38-11-12-39(56)50-42(38)58/h4-10,25,27-28,37-38H,11-24,26,29H2,1-3H3,(H,48,57)(H,49,59)(H,51,52)(H,50,56,58). The number of amides is 6. The van der Waals surface area contributed by atoms with Crippen molar-refractivity contribution in [3.8, 4) is 0 Å². The molecule has 2 aromatic carbocycles. The molecule has 2 unspecified atom stereocenters. The minimum atomic E-state index is -1.07. The lowest BCUT2D eigenvalue weighted by atomic mass is 9.76. The maximum absolute atomic E-state index is 13.3. The molecule has 0 bridgehead atoms. The highest BCUT2D eigenvalue weighted by molar-refractivity contribution is 6.24. The van der Waals surface area contributed by atoms with Crippen LogP contribution in [0.4, 0.5) is 11.4 Å². The fraction of sp³-hybridized carbons (Fsp3) is 0.478. The Hall–Kier alpha value is -6.12. The molecule has 3 aliphatic rings. The summed E-state index contributed by atoms with van der Waals surface area (Å²) in [6.45, 7) is 8.25. The second-order valence-corrected chi connectivity index (χ2v) is 17.2. The van der Waals surface area contributed by atoms with Crippen molar-refractivity contribution < 1.29 is 47.7 Å². The number of benzene rings is 2. The number of anilines is 2. The number of rotatable bonds is 23. The van der Waals surface area contributed by atoms with Gasteiger partial charge >= 0.3 is 0 Å². The fourth-order valence-electron chi connectivity index (χ4n) is 8.17. The summed E-state index contributed by atoms with van der Waals surface area (Å²) in [5.74, 6) is -3.13. The number of carbonyl (C=O) groups excluding carboxylic acids is 6. The van der Waals surface area contributed by atoms with E-state index < -0.39 is 35.6 Å². The molecule has 1 fully saturated rings. The number of aromatic amines is 1. The van der Waals surface area contributed by atoms with Crippen LogP contribution >= 0.6 is 0 Å². The first-order valence-corrected chi connectivity index (χ1v) is 22.0. The first-order chi connectivity index (χ1) is 31.4. The summed E-state index contributed by atoms with van der Waals surface area (Å²) >= 11 is 0. The predicted molar refractivity (Wildman–Crippen MR) is 236 cm³/mol. The minimum Gasteiger partial charge on any atom is -0.378 e. The number of carbonyl (C=O) groups is 6. The monoisotopic (exact) mass is 895 g/mol. The van der Waals surface area contributed by atoms with Gasteiger partial charge in [0.05, 0.1) is 75.3 Å². The number of fused-ring (bicyclic) bond motifs is 2. The number of likely N-dealkylation sites (N-methyl/N-ethyl adjacent to an activating group) is 1. The molecule has 65 heavy (non-hydrogen) atoms. The van der Waals surface area contributed by atoms with Crippen LogP contribution < -0.4 is 16.0 Å². The molecule has 0 radical (unpaired) electrons. The molecule has 0 saturated carbocycles. The molecule has 19 heteroatoms. The Morgan fingerprint density at radius 1 is 0.862 bits per heavy atom. The fourth-order valence-corrected chi connectivity index (χ4v) is 8.17. The van der Waals surface area contributed by atoms with Crippen LogP contribution in [0.3, 0.4) is 0 Å². The molecule has 2 aliphatic heterocycles. The van der Waals surface area contributed by atoms with E-state index in [2.05, 4.69) is 69.2 Å². The first kappa shape index (κ1) is 46.9. The number of H-pyrrole nitrogens is 1. The summed E-state index contributed by atoms with van der Waals surface area (Å²) in [5.41, 5.74) is 4.90. The van der Waals surface area contributed by atoms with Crippen molar-refractivity contribution in [3.63, 3.8) is 0 Å². The van der Waals surface area contributed by atoms with Gasteiger partial charge in [0.1, 0.15) is 12.6 Å². The van der Waals surface area contributed by atoms with Crippen LogP contribution in [0.25, 0.3) is 0 Å². The average Bonchev–Trinajstić information content (AvgIpc) is 3.98. The summed E-state index contributed by atoms with van der Waals surface area (Å²) in [6.07, 6.45) is 7.13. The number of ether oxygens (including phenoxy) is 4. The average molecular weight is 896 g/mol. The van der Waals surface area contributed by atoms with Crippen molar-refractivity contribution in [2.45, 2.75) is 64.5 Å². The number of nitrogens with one attached hydrogen (secondary N) is 4. The van der Waals surface area contributed by atoms with Crippen molar-refractivity contribution >= 4 is 46.8 Å². The Bertz CT molecular complexity index is 2350. The zero-order chi connectivity index (χ0) is 45.9. The van der Waals surface area contributed by atoms with Gasteiger partial charge in [-0.15, -0.1) is 0 Å². The highest BCUT2D eigenvalue weighted by Gasteiger charge is 2.44. The van der Waals surface area contributed by atoms with Crippen LogP contribution in [0.15, 0.2) is 60.9 Å². The van der Waals surface area contributed by atoms with Crippen molar-refractivity contribution in [1.29, 1.82) is 0 Å². The smallest absolute Gasteiger partial charge is 0.276 e. The van der Waals surface area contributed by atoms with Crippen LogP contribution in [0.2, 0.25) is 0 Å². The molecule has 346 valence electrons. The molecule has 1 saturated heterocycles. The van der Waals surface area contributed by atoms with E-state index in [0.717, 1.165) is 60.5 Å². The van der Waals surface area contributed by atoms with E-state index in [1.54, 1.807) is 6.20 Å². The molecule has 1 aliphatic carbocycles. The van der Waals surface area contributed by atoms with E-state index in [1.807, 2.05) is 29.1 Å². The molecule has 7 rings (SSSR count). The summed E-state index contributed by atoms with van der Waals surface area (Å²) in [4.78, 5) is 78.5. The van der Waals surface area contributed by atoms with Crippen LogP contribution in [-0.2, 0) is 46.2 Å². The number of aromatic nitrogens is 4. The maximum Gasteiger partial charge on any atom is 0.276 e. The summed E-state index contributed by atoms with van der Waals surface area (Å²) in [6, 6.07) is 13.4. The van der Waals surface area contributed by atoms with Gasteiger partial charge in [-0.2, -0.15) is 10.2 Å². The molecule has 2 atom stereocenters. The van der Waals surface area contributed by atoms with Gasteiger partial charge in [0.25, 0.3) is 17.7 Å². The number of nitrogens with zero attached hydrogens (tertiary/aromatic N) is 5. The maximum atomic E-state index is 13.3. The van der Waals surface area contributed by atoms with E-state index in [4.69, 9.17) is 18.9 Å². The third-order valence-electron chi connectivity index (χ3n) is 11.7. The summed E-state index contributed by atoms with van der Waals surface area (Å²) in [7, 11) is 2.05. The molecular formula is C46H57N9O10. The van der Waals surface area contributed by atoms with Gasteiger partial charge < -0.3 is 34.5 Å². The van der Waals surface area contributed by atoms with Crippen molar-refractivity contribution in [2.24, 2.45) is 5.41 Å². The van der Waals surface area contributed by atoms with Crippen LogP contribution in [0, 0.1) is 5.41 Å². The van der Waals surface area contributed by atoms with Gasteiger partial charge in [0.2, 0.25) is 17.7 Å². The molecule has 2 aromatic heterocycles. The number of hydrogen-bond acceptors (Lipinski definition) is 13. The lowest BCUT2D eigenvalue weighted by Crippen LogP contribution is -2.54.